The van der Waals surface area contributed by atoms with E-state index < -0.39 is 0 Å². The molecule has 1 unspecified atom stereocenters. The maximum atomic E-state index is 12.1. The first-order valence-electron chi connectivity index (χ1n) is 7.48. The molecule has 1 saturated carbocycles. The second kappa shape index (κ2) is 6.15. The first-order valence-corrected chi connectivity index (χ1v) is 7.48. The summed E-state index contributed by atoms with van der Waals surface area (Å²) in [5, 5.41) is 6.74. The van der Waals surface area contributed by atoms with Gasteiger partial charge >= 0.3 is 0 Å². The maximum absolute atomic E-state index is 12.1. The van der Waals surface area contributed by atoms with E-state index in [4.69, 9.17) is 10.3 Å². The molecule has 1 aliphatic carbocycles. The fourth-order valence-corrected chi connectivity index (χ4v) is 2.42. The number of aromatic nitrogens is 1. The summed E-state index contributed by atoms with van der Waals surface area (Å²) in [6.07, 6.45) is 2.43. The van der Waals surface area contributed by atoms with Crippen molar-refractivity contribution in [2.75, 3.05) is 25.5 Å². The second-order valence-corrected chi connectivity index (χ2v) is 6.93. The van der Waals surface area contributed by atoms with Gasteiger partial charge in [0.25, 0.3) is 0 Å². The van der Waals surface area contributed by atoms with Gasteiger partial charge in [-0.2, -0.15) is 0 Å². The summed E-state index contributed by atoms with van der Waals surface area (Å²) in [6.45, 7) is 7.04. The predicted molar refractivity (Wildman–Crippen MR) is 82.0 cm³/mol. The monoisotopic (exact) mass is 294 g/mol. The van der Waals surface area contributed by atoms with Gasteiger partial charge in [-0.15, -0.1) is 0 Å². The Balaban J connectivity index is 1.88. The largest absolute Gasteiger partial charge is 0.338 e. The third kappa shape index (κ3) is 4.28. The van der Waals surface area contributed by atoms with E-state index in [2.05, 4.69) is 10.5 Å². The van der Waals surface area contributed by atoms with Crippen molar-refractivity contribution in [3.63, 3.8) is 0 Å². The number of hydrogen-bond donors (Lipinski definition) is 2. The van der Waals surface area contributed by atoms with Crippen LogP contribution in [-0.2, 0) is 10.2 Å². The van der Waals surface area contributed by atoms with Crippen molar-refractivity contribution in [3.8, 4) is 0 Å². The van der Waals surface area contributed by atoms with E-state index in [0.717, 1.165) is 5.69 Å². The number of likely N-dealkylation sites (N-methyl/N-ethyl adjacent to an activating group) is 1. The Kier molecular flexibility index (Phi) is 4.68. The fraction of sp³-hybridized carbons (Fsp3) is 0.733. The first-order chi connectivity index (χ1) is 9.81. The minimum absolute atomic E-state index is 0.0973. The van der Waals surface area contributed by atoms with Crippen LogP contribution in [0.2, 0.25) is 0 Å². The highest BCUT2D eigenvalue weighted by atomic mass is 16.5. The van der Waals surface area contributed by atoms with Gasteiger partial charge in [0.1, 0.15) is 0 Å². The lowest BCUT2D eigenvalue weighted by atomic mass is 9.92. The van der Waals surface area contributed by atoms with E-state index in [1.807, 2.05) is 32.7 Å². The quantitative estimate of drug-likeness (QED) is 0.832. The van der Waals surface area contributed by atoms with Gasteiger partial charge in [0.05, 0.1) is 12.2 Å². The van der Waals surface area contributed by atoms with Crippen molar-refractivity contribution < 1.29 is 9.32 Å². The molecule has 1 atom stereocenters. The summed E-state index contributed by atoms with van der Waals surface area (Å²) in [5.74, 6) is 0.938. The van der Waals surface area contributed by atoms with Crippen LogP contribution in [0.5, 0.6) is 0 Å². The Hall–Kier alpha value is -1.40. The third-order valence-corrected chi connectivity index (χ3v) is 3.91. The fourth-order valence-electron chi connectivity index (χ4n) is 2.42. The van der Waals surface area contributed by atoms with Crippen LogP contribution in [0, 0.1) is 5.92 Å². The summed E-state index contributed by atoms with van der Waals surface area (Å²) in [6, 6.07) is 2.06. The number of nitrogens with one attached hydrogen (secondary N) is 1. The van der Waals surface area contributed by atoms with Crippen LogP contribution in [0.3, 0.4) is 0 Å². The van der Waals surface area contributed by atoms with Crippen molar-refractivity contribution in [2.24, 2.45) is 11.7 Å². The Morgan fingerprint density at radius 3 is 2.71 bits per heavy atom. The molecule has 2 rings (SSSR count). The van der Waals surface area contributed by atoms with Gasteiger partial charge in [-0.3, -0.25) is 15.0 Å². The van der Waals surface area contributed by atoms with Crippen LogP contribution < -0.4 is 11.1 Å². The Bertz CT molecular complexity index is 488. The molecule has 0 aliphatic heterocycles. The molecule has 0 spiro atoms. The summed E-state index contributed by atoms with van der Waals surface area (Å²) >= 11 is 0. The lowest BCUT2D eigenvalue weighted by Crippen LogP contribution is -2.43. The van der Waals surface area contributed by atoms with Crippen LogP contribution in [0.15, 0.2) is 10.6 Å². The highest BCUT2D eigenvalue weighted by Gasteiger charge is 2.33. The number of hydrogen-bond acceptors (Lipinski definition) is 5. The van der Waals surface area contributed by atoms with E-state index in [0.29, 0.717) is 24.9 Å². The molecule has 6 heteroatoms. The number of carbonyl (C=O) groups is 1. The van der Waals surface area contributed by atoms with Gasteiger partial charge in [0.2, 0.25) is 11.8 Å². The molecule has 1 aromatic rings. The number of rotatable bonds is 6. The first kappa shape index (κ1) is 16.0. The Labute approximate surface area is 126 Å². The minimum atomic E-state index is -0.104. The van der Waals surface area contributed by atoms with E-state index in [1.165, 1.54) is 12.8 Å². The molecule has 1 aliphatic rings. The molecule has 1 heterocycles. The number of carbonyl (C=O) groups excluding carboxylic acids is 1. The lowest BCUT2D eigenvalue weighted by Gasteiger charge is -2.25. The molecular weight excluding hydrogens is 268 g/mol. The molecular formula is C15H26N4O2. The highest BCUT2D eigenvalue weighted by Crippen LogP contribution is 2.34. The zero-order valence-corrected chi connectivity index (χ0v) is 13.3. The second-order valence-electron chi connectivity index (χ2n) is 6.93. The smallest absolute Gasteiger partial charge is 0.240 e. The van der Waals surface area contributed by atoms with E-state index in [9.17, 15) is 4.79 Å². The van der Waals surface area contributed by atoms with Crippen LogP contribution in [0.4, 0.5) is 5.88 Å². The molecule has 0 saturated heterocycles. The van der Waals surface area contributed by atoms with Gasteiger partial charge in [0.15, 0.2) is 0 Å². The number of amides is 1. The van der Waals surface area contributed by atoms with Gasteiger partial charge in [-0.25, -0.2) is 0 Å². The topological polar surface area (TPSA) is 84.4 Å². The van der Waals surface area contributed by atoms with Crippen molar-refractivity contribution in [2.45, 2.75) is 45.1 Å². The van der Waals surface area contributed by atoms with Crippen LogP contribution in [0.25, 0.3) is 0 Å². The maximum Gasteiger partial charge on any atom is 0.240 e. The highest BCUT2D eigenvalue weighted by molar-refractivity contribution is 5.91. The normalized spacial score (nSPS) is 17.0. The van der Waals surface area contributed by atoms with Crippen LogP contribution in [-0.4, -0.2) is 42.1 Å². The zero-order valence-electron chi connectivity index (χ0n) is 13.3. The lowest BCUT2D eigenvalue weighted by molar-refractivity contribution is -0.117. The molecule has 1 fully saturated rings. The molecule has 0 radical (unpaired) electrons. The average Bonchev–Trinajstić information content (AvgIpc) is 3.07. The van der Waals surface area contributed by atoms with E-state index in [-0.39, 0.29) is 17.4 Å². The predicted octanol–water partition coefficient (Wildman–Crippen LogP) is 1.58. The SMILES string of the molecule is CN(CC(=O)Nc1cc(C(C)(C)C)no1)C(CN)C1CC1. The van der Waals surface area contributed by atoms with Crippen molar-refractivity contribution >= 4 is 11.8 Å². The molecule has 0 aromatic carbocycles. The van der Waals surface area contributed by atoms with Gasteiger partial charge in [0, 0.05) is 24.1 Å². The number of nitrogens with zero attached hydrogens (tertiary/aromatic N) is 2. The van der Waals surface area contributed by atoms with Gasteiger partial charge in [-0.1, -0.05) is 25.9 Å². The Morgan fingerprint density at radius 1 is 1.57 bits per heavy atom. The summed E-state index contributed by atoms with van der Waals surface area (Å²) in [5.41, 5.74) is 6.52. The molecule has 6 nitrogen and oxygen atoms in total. The Morgan fingerprint density at radius 2 is 2.24 bits per heavy atom. The van der Waals surface area contributed by atoms with Crippen LogP contribution in [0.1, 0.15) is 39.3 Å². The standard InChI is InChI=1S/C15H26N4O2/c1-15(2,3)12-7-14(21-18-12)17-13(20)9-19(4)11(8-16)10-5-6-10/h7,10-11H,5-6,8-9,16H2,1-4H3,(H,17,20). The molecule has 1 amide bonds. The van der Waals surface area contributed by atoms with E-state index in [1.54, 1.807) is 6.07 Å². The molecule has 3 N–H and O–H groups in total. The van der Waals surface area contributed by atoms with Crippen molar-refractivity contribution in [1.82, 2.24) is 10.1 Å². The van der Waals surface area contributed by atoms with E-state index >= 15 is 0 Å². The average molecular weight is 294 g/mol. The number of anilines is 1. The molecule has 1 aromatic heterocycles. The molecule has 21 heavy (non-hydrogen) atoms. The summed E-state index contributed by atoms with van der Waals surface area (Å²) < 4.78 is 5.16. The third-order valence-electron chi connectivity index (χ3n) is 3.91. The molecule has 118 valence electrons. The van der Waals surface area contributed by atoms with Gasteiger partial charge < -0.3 is 10.3 Å². The summed E-state index contributed by atoms with van der Waals surface area (Å²) in [4.78, 5) is 14.1. The summed E-state index contributed by atoms with van der Waals surface area (Å²) in [7, 11) is 1.94. The number of nitrogens with two attached hydrogens (primary N) is 1. The molecule has 0 bridgehead atoms. The minimum Gasteiger partial charge on any atom is -0.338 e. The van der Waals surface area contributed by atoms with Crippen LogP contribution >= 0.6 is 0 Å². The van der Waals surface area contributed by atoms with Crippen molar-refractivity contribution in [3.05, 3.63) is 11.8 Å². The zero-order chi connectivity index (χ0) is 15.6. The van der Waals surface area contributed by atoms with Crippen molar-refractivity contribution in [1.29, 1.82) is 0 Å². The van der Waals surface area contributed by atoms with Gasteiger partial charge in [-0.05, 0) is 25.8 Å².